The van der Waals surface area contributed by atoms with Crippen LogP contribution in [0, 0.1) is 4.77 Å². The van der Waals surface area contributed by atoms with Crippen LogP contribution >= 0.6 is 12.2 Å². The number of aromatic amines is 1. The second-order valence-electron chi connectivity index (χ2n) is 2.72. The van der Waals surface area contributed by atoms with Gasteiger partial charge in [-0.2, -0.15) is 10.2 Å². The number of rotatable bonds is 2. The van der Waals surface area contributed by atoms with Gasteiger partial charge in [0.2, 0.25) is 4.77 Å². The first-order valence-electron chi connectivity index (χ1n) is 3.85. The summed E-state index contributed by atoms with van der Waals surface area (Å²) in [6.07, 6.45) is 1.53. The van der Waals surface area contributed by atoms with Crippen molar-refractivity contribution < 1.29 is 0 Å². The third kappa shape index (κ3) is 1.46. The van der Waals surface area contributed by atoms with Crippen LogP contribution in [0.25, 0.3) is 0 Å². The van der Waals surface area contributed by atoms with Gasteiger partial charge in [0.15, 0.2) is 0 Å². The summed E-state index contributed by atoms with van der Waals surface area (Å²) in [5, 5.41) is 10.4. The number of hydrogen-bond donors (Lipinski definition) is 3. The van der Waals surface area contributed by atoms with Crippen LogP contribution in [0.3, 0.4) is 0 Å². The fourth-order valence-electron chi connectivity index (χ4n) is 1.05. The van der Waals surface area contributed by atoms with E-state index in [0.717, 1.165) is 5.82 Å². The van der Waals surface area contributed by atoms with Gasteiger partial charge in [-0.3, -0.25) is 10.5 Å². The van der Waals surface area contributed by atoms with Crippen LogP contribution < -0.4 is 11.2 Å². The Morgan fingerprint density at radius 3 is 2.93 bits per heavy atom. The van der Waals surface area contributed by atoms with Crippen molar-refractivity contribution in [2.24, 2.45) is 7.05 Å². The molecule has 74 valence electrons. The fourth-order valence-corrected chi connectivity index (χ4v) is 1.19. The summed E-state index contributed by atoms with van der Waals surface area (Å²) in [5.74, 6) is 1.19. The first kappa shape index (κ1) is 8.75. The lowest BCUT2D eigenvalue weighted by Gasteiger charge is -2.04. The highest BCUT2D eigenvalue weighted by Gasteiger charge is 2.02. The van der Waals surface area contributed by atoms with E-state index in [2.05, 4.69) is 20.7 Å². The van der Waals surface area contributed by atoms with E-state index in [1.54, 1.807) is 22.5 Å². The van der Waals surface area contributed by atoms with Crippen molar-refractivity contribution in [2.45, 2.75) is 0 Å². The van der Waals surface area contributed by atoms with E-state index in [1.807, 2.05) is 0 Å². The molecule has 0 aliphatic rings. The summed E-state index contributed by atoms with van der Waals surface area (Å²) in [6, 6.07) is 1.70. The molecule has 2 aromatic heterocycles. The molecule has 8 heteroatoms. The third-order valence-corrected chi connectivity index (χ3v) is 1.97. The molecule has 0 atom stereocenters. The Labute approximate surface area is 84.5 Å². The summed E-state index contributed by atoms with van der Waals surface area (Å²) < 4.78 is 3.65. The van der Waals surface area contributed by atoms with Gasteiger partial charge in [-0.1, -0.05) is 0 Å². The maximum Gasteiger partial charge on any atom is 0.214 e. The quantitative estimate of drug-likeness (QED) is 0.614. The zero-order valence-corrected chi connectivity index (χ0v) is 8.25. The lowest BCUT2D eigenvalue weighted by atomic mass is 10.6. The largest absolute Gasteiger partial charge is 0.382 e. The molecule has 0 spiro atoms. The number of nitrogens with zero attached hydrogens (tertiary/aromatic N) is 4. The van der Waals surface area contributed by atoms with Crippen LogP contribution in [-0.2, 0) is 7.05 Å². The van der Waals surface area contributed by atoms with Gasteiger partial charge in [0, 0.05) is 13.1 Å². The van der Waals surface area contributed by atoms with Crippen molar-refractivity contribution in [1.82, 2.24) is 24.7 Å². The van der Waals surface area contributed by atoms with Gasteiger partial charge in [0.05, 0.1) is 0 Å². The van der Waals surface area contributed by atoms with Crippen molar-refractivity contribution in [3.8, 4) is 0 Å². The predicted octanol–water partition coefficient (Wildman–Crippen LogP) is 0.132. The normalized spacial score (nSPS) is 10.4. The molecule has 0 radical (unpaired) electrons. The van der Waals surface area contributed by atoms with Crippen LogP contribution in [0.5, 0.6) is 0 Å². The van der Waals surface area contributed by atoms with Crippen LogP contribution in [0.1, 0.15) is 0 Å². The molecule has 7 nitrogen and oxygen atoms in total. The van der Waals surface area contributed by atoms with Gasteiger partial charge >= 0.3 is 0 Å². The van der Waals surface area contributed by atoms with E-state index in [0.29, 0.717) is 10.6 Å². The van der Waals surface area contributed by atoms with Crippen LogP contribution in [-0.4, -0.2) is 24.7 Å². The number of aromatic nitrogens is 5. The standard InChI is InChI=1S/C6H9N7S/c1-12-5(2-4(7)10-12)11-13-3-8-9-6(13)14/h2-3,11H,1H3,(H2,7,10)(H,9,14). The smallest absolute Gasteiger partial charge is 0.214 e. The van der Waals surface area contributed by atoms with E-state index in [4.69, 9.17) is 18.0 Å². The average Bonchev–Trinajstić information content (AvgIpc) is 2.62. The summed E-state index contributed by atoms with van der Waals surface area (Å²) in [5.41, 5.74) is 8.50. The molecule has 14 heavy (non-hydrogen) atoms. The Morgan fingerprint density at radius 1 is 1.64 bits per heavy atom. The topological polar surface area (TPSA) is 89.5 Å². The van der Waals surface area contributed by atoms with Gasteiger partial charge in [0.25, 0.3) is 0 Å². The Bertz CT molecular complexity index is 492. The summed E-state index contributed by atoms with van der Waals surface area (Å²) in [6.45, 7) is 0. The Morgan fingerprint density at radius 2 is 2.43 bits per heavy atom. The van der Waals surface area contributed by atoms with Crippen molar-refractivity contribution in [3.63, 3.8) is 0 Å². The molecule has 0 unspecified atom stereocenters. The molecule has 2 rings (SSSR count). The molecule has 0 amide bonds. The number of nitrogens with one attached hydrogen (secondary N) is 2. The molecule has 0 bridgehead atoms. The number of anilines is 2. The van der Waals surface area contributed by atoms with Gasteiger partial charge in [-0.05, 0) is 12.2 Å². The van der Waals surface area contributed by atoms with Gasteiger partial charge in [-0.25, -0.2) is 9.36 Å². The minimum atomic E-state index is 0.449. The SMILES string of the molecule is Cn1nc(N)cc1Nn1cn[nH]c1=S. The highest BCUT2D eigenvalue weighted by molar-refractivity contribution is 7.71. The molecular weight excluding hydrogens is 202 g/mol. The molecule has 0 fully saturated rings. The van der Waals surface area contributed by atoms with Gasteiger partial charge < -0.3 is 5.73 Å². The molecule has 0 aliphatic carbocycles. The zero-order valence-electron chi connectivity index (χ0n) is 7.43. The second kappa shape index (κ2) is 3.14. The highest BCUT2D eigenvalue weighted by Crippen LogP contribution is 2.09. The third-order valence-electron chi connectivity index (χ3n) is 1.69. The van der Waals surface area contributed by atoms with Gasteiger partial charge in [0.1, 0.15) is 18.0 Å². The van der Waals surface area contributed by atoms with E-state index in [9.17, 15) is 0 Å². The molecule has 0 saturated heterocycles. The van der Waals surface area contributed by atoms with Crippen LogP contribution in [0.15, 0.2) is 12.4 Å². The molecular formula is C6H9N7S. The molecule has 2 aromatic rings. The number of H-pyrrole nitrogens is 1. The fraction of sp³-hybridized carbons (Fsp3) is 0.167. The van der Waals surface area contributed by atoms with Crippen molar-refractivity contribution in [3.05, 3.63) is 17.2 Å². The predicted molar refractivity (Wildman–Crippen MR) is 54.1 cm³/mol. The summed E-state index contributed by atoms with van der Waals surface area (Å²) in [4.78, 5) is 0. The highest BCUT2D eigenvalue weighted by atomic mass is 32.1. The summed E-state index contributed by atoms with van der Waals surface area (Å²) >= 11 is 4.96. The van der Waals surface area contributed by atoms with Crippen molar-refractivity contribution >= 4 is 23.9 Å². The number of hydrogen-bond acceptors (Lipinski definition) is 5. The van der Waals surface area contributed by atoms with E-state index < -0.39 is 0 Å². The first-order chi connectivity index (χ1) is 6.66. The van der Waals surface area contributed by atoms with Gasteiger partial charge in [-0.15, -0.1) is 0 Å². The maximum absolute atomic E-state index is 5.52. The molecule has 0 aromatic carbocycles. The minimum Gasteiger partial charge on any atom is -0.382 e. The number of nitrogens with two attached hydrogens (primary N) is 1. The monoisotopic (exact) mass is 211 g/mol. The van der Waals surface area contributed by atoms with E-state index in [1.165, 1.54) is 6.33 Å². The Balaban J connectivity index is 2.31. The van der Waals surface area contributed by atoms with E-state index in [-0.39, 0.29) is 0 Å². The maximum atomic E-state index is 5.52. The Hall–Kier alpha value is -1.83. The average molecular weight is 211 g/mol. The molecule has 4 N–H and O–H groups in total. The van der Waals surface area contributed by atoms with E-state index >= 15 is 0 Å². The lowest BCUT2D eigenvalue weighted by molar-refractivity contribution is 0.758. The zero-order chi connectivity index (χ0) is 10.1. The summed E-state index contributed by atoms with van der Waals surface area (Å²) in [7, 11) is 1.78. The molecule has 0 aliphatic heterocycles. The lowest BCUT2D eigenvalue weighted by Crippen LogP contribution is -2.11. The Kier molecular flexibility index (Phi) is 1.97. The number of nitrogen functional groups attached to an aromatic ring is 1. The van der Waals surface area contributed by atoms with Crippen molar-refractivity contribution in [2.75, 3.05) is 11.2 Å². The van der Waals surface area contributed by atoms with Crippen LogP contribution in [0.2, 0.25) is 0 Å². The number of aryl methyl sites for hydroxylation is 1. The first-order valence-corrected chi connectivity index (χ1v) is 4.26. The van der Waals surface area contributed by atoms with Crippen LogP contribution in [0.4, 0.5) is 11.6 Å². The second-order valence-corrected chi connectivity index (χ2v) is 3.11. The van der Waals surface area contributed by atoms with Crippen molar-refractivity contribution in [1.29, 1.82) is 0 Å². The molecule has 2 heterocycles. The minimum absolute atomic E-state index is 0.449. The molecule has 0 saturated carbocycles.